The van der Waals surface area contributed by atoms with Crippen molar-refractivity contribution >= 4 is 22.4 Å². The molecule has 1 aromatic rings. The molecule has 1 aliphatic heterocycles. The summed E-state index contributed by atoms with van der Waals surface area (Å²) in [6.45, 7) is 1.98. The van der Waals surface area contributed by atoms with Gasteiger partial charge in [-0.25, -0.2) is 0 Å². The second-order valence-corrected chi connectivity index (χ2v) is 5.43. The highest BCUT2D eigenvalue weighted by Crippen LogP contribution is 2.16. The van der Waals surface area contributed by atoms with Crippen LogP contribution in [0.5, 0.6) is 0 Å². The molecule has 2 nitrogen and oxygen atoms in total. The number of halogens is 1. The second kappa shape index (κ2) is 4.43. The van der Waals surface area contributed by atoms with E-state index in [1.165, 1.54) is 0 Å². The van der Waals surface area contributed by atoms with Crippen LogP contribution in [0, 0.1) is 5.92 Å². The van der Waals surface area contributed by atoms with E-state index in [1.807, 2.05) is 12.1 Å². The van der Waals surface area contributed by atoms with Gasteiger partial charge in [-0.15, -0.1) is 0 Å². The SMILES string of the molecule is O=S(CC1CNC1)c1cccc(Cl)c1. The minimum atomic E-state index is -0.897. The molecular weight excluding hydrogens is 218 g/mol. The highest BCUT2D eigenvalue weighted by Gasteiger charge is 2.20. The molecule has 1 atom stereocenters. The Bertz CT molecular complexity index is 352. The van der Waals surface area contributed by atoms with Crippen molar-refractivity contribution in [2.45, 2.75) is 4.90 Å². The first-order valence-electron chi connectivity index (χ1n) is 4.60. The van der Waals surface area contributed by atoms with Crippen LogP contribution in [0.25, 0.3) is 0 Å². The highest BCUT2D eigenvalue weighted by molar-refractivity contribution is 7.85. The molecule has 4 heteroatoms. The van der Waals surface area contributed by atoms with E-state index in [2.05, 4.69) is 5.32 Å². The zero-order valence-electron chi connectivity index (χ0n) is 7.70. The van der Waals surface area contributed by atoms with Gasteiger partial charge in [0.1, 0.15) is 0 Å². The third-order valence-electron chi connectivity index (χ3n) is 2.31. The lowest BCUT2D eigenvalue weighted by Gasteiger charge is -2.26. The van der Waals surface area contributed by atoms with Gasteiger partial charge in [0.15, 0.2) is 0 Å². The van der Waals surface area contributed by atoms with Crippen LogP contribution in [-0.4, -0.2) is 23.1 Å². The predicted octanol–water partition coefficient (Wildman–Crippen LogP) is 1.67. The summed E-state index contributed by atoms with van der Waals surface area (Å²) in [6.07, 6.45) is 0. The Hall–Kier alpha value is -0.380. The van der Waals surface area contributed by atoms with Crippen LogP contribution in [0.3, 0.4) is 0 Å². The van der Waals surface area contributed by atoms with Crippen molar-refractivity contribution in [1.82, 2.24) is 5.32 Å². The quantitative estimate of drug-likeness (QED) is 0.855. The average molecular weight is 230 g/mol. The maximum absolute atomic E-state index is 11.8. The fraction of sp³-hybridized carbons (Fsp3) is 0.400. The Morgan fingerprint density at radius 2 is 2.29 bits per heavy atom. The van der Waals surface area contributed by atoms with Crippen molar-refractivity contribution in [2.75, 3.05) is 18.8 Å². The van der Waals surface area contributed by atoms with Crippen molar-refractivity contribution in [1.29, 1.82) is 0 Å². The Balaban J connectivity index is 2.02. The highest BCUT2D eigenvalue weighted by atomic mass is 35.5. The number of rotatable bonds is 3. The van der Waals surface area contributed by atoms with Crippen molar-refractivity contribution < 1.29 is 4.21 Å². The van der Waals surface area contributed by atoms with Gasteiger partial charge in [-0.2, -0.15) is 0 Å². The first-order valence-corrected chi connectivity index (χ1v) is 6.30. The summed E-state index contributed by atoms with van der Waals surface area (Å²) >= 11 is 5.83. The summed E-state index contributed by atoms with van der Waals surface area (Å²) < 4.78 is 11.8. The van der Waals surface area contributed by atoms with E-state index in [0.29, 0.717) is 10.9 Å². The van der Waals surface area contributed by atoms with Gasteiger partial charge in [0, 0.05) is 28.8 Å². The molecule has 14 heavy (non-hydrogen) atoms. The van der Waals surface area contributed by atoms with Crippen LogP contribution in [-0.2, 0) is 10.8 Å². The summed E-state index contributed by atoms with van der Waals surface area (Å²) in [4.78, 5) is 0.837. The molecule has 1 N–H and O–H groups in total. The Labute approximate surface area is 91.1 Å². The molecule has 1 fully saturated rings. The van der Waals surface area contributed by atoms with E-state index in [4.69, 9.17) is 11.6 Å². The van der Waals surface area contributed by atoms with Gasteiger partial charge in [0.05, 0.1) is 10.8 Å². The molecule has 0 spiro atoms. The van der Waals surface area contributed by atoms with Crippen LogP contribution < -0.4 is 5.32 Å². The molecule has 1 heterocycles. The van der Waals surface area contributed by atoms with Crippen LogP contribution >= 0.6 is 11.6 Å². The Morgan fingerprint density at radius 3 is 2.86 bits per heavy atom. The molecular formula is C10H12ClNOS. The minimum absolute atomic E-state index is 0.565. The van der Waals surface area contributed by atoms with Crippen molar-refractivity contribution in [3.05, 3.63) is 29.3 Å². The lowest BCUT2D eigenvalue weighted by atomic mass is 10.1. The summed E-state index contributed by atoms with van der Waals surface area (Å²) in [5.74, 6) is 1.31. The molecule has 0 saturated carbocycles. The van der Waals surface area contributed by atoms with Gasteiger partial charge >= 0.3 is 0 Å². The summed E-state index contributed by atoms with van der Waals surface area (Å²) in [5, 5.41) is 3.82. The van der Waals surface area contributed by atoms with Crippen LogP contribution in [0.15, 0.2) is 29.2 Å². The van der Waals surface area contributed by atoms with Crippen molar-refractivity contribution in [3.63, 3.8) is 0 Å². The molecule has 0 bridgehead atoms. The van der Waals surface area contributed by atoms with E-state index in [-0.39, 0.29) is 0 Å². The first-order chi connectivity index (χ1) is 6.75. The van der Waals surface area contributed by atoms with Gasteiger partial charge in [-0.3, -0.25) is 4.21 Å². The molecule has 1 aromatic carbocycles. The molecule has 1 unspecified atom stereocenters. The zero-order chi connectivity index (χ0) is 9.97. The maximum Gasteiger partial charge on any atom is 0.0533 e. The van der Waals surface area contributed by atoms with E-state index in [1.54, 1.807) is 12.1 Å². The fourth-order valence-corrected chi connectivity index (χ4v) is 2.99. The topological polar surface area (TPSA) is 29.1 Å². The number of benzene rings is 1. The predicted molar refractivity (Wildman–Crippen MR) is 59.1 cm³/mol. The molecule has 0 aliphatic carbocycles. The van der Waals surface area contributed by atoms with Crippen LogP contribution in [0.2, 0.25) is 5.02 Å². The first kappa shape index (κ1) is 10.1. The summed E-state index contributed by atoms with van der Waals surface area (Å²) in [6, 6.07) is 7.29. The second-order valence-electron chi connectivity index (χ2n) is 3.49. The van der Waals surface area contributed by atoms with E-state index in [9.17, 15) is 4.21 Å². The largest absolute Gasteiger partial charge is 0.316 e. The third kappa shape index (κ3) is 2.35. The molecule has 1 aliphatic rings. The third-order valence-corrected chi connectivity index (χ3v) is 4.10. The zero-order valence-corrected chi connectivity index (χ0v) is 9.27. The van der Waals surface area contributed by atoms with E-state index < -0.39 is 10.8 Å². The Morgan fingerprint density at radius 1 is 1.50 bits per heavy atom. The molecule has 0 radical (unpaired) electrons. The smallest absolute Gasteiger partial charge is 0.0533 e. The summed E-state index contributed by atoms with van der Waals surface area (Å²) in [7, 11) is -0.897. The van der Waals surface area contributed by atoms with Gasteiger partial charge < -0.3 is 5.32 Å². The molecule has 0 aromatic heterocycles. The minimum Gasteiger partial charge on any atom is -0.316 e. The lowest BCUT2D eigenvalue weighted by molar-refractivity contribution is 0.382. The molecule has 0 amide bonds. The normalized spacial score (nSPS) is 18.9. The molecule has 76 valence electrons. The molecule has 1 saturated heterocycles. The standard InChI is InChI=1S/C10H12ClNOS/c11-9-2-1-3-10(4-9)14(13)7-8-5-12-6-8/h1-4,8,12H,5-7H2. The van der Waals surface area contributed by atoms with E-state index >= 15 is 0 Å². The van der Waals surface area contributed by atoms with Crippen LogP contribution in [0.1, 0.15) is 0 Å². The van der Waals surface area contributed by atoms with Crippen molar-refractivity contribution in [2.24, 2.45) is 5.92 Å². The van der Waals surface area contributed by atoms with Crippen molar-refractivity contribution in [3.8, 4) is 0 Å². The van der Waals surface area contributed by atoms with Gasteiger partial charge in [-0.05, 0) is 24.1 Å². The van der Waals surface area contributed by atoms with Gasteiger partial charge in [-0.1, -0.05) is 17.7 Å². The number of nitrogens with one attached hydrogen (secondary N) is 1. The van der Waals surface area contributed by atoms with E-state index in [0.717, 1.165) is 23.7 Å². The lowest BCUT2D eigenvalue weighted by Crippen LogP contribution is -2.44. The number of hydrogen-bond acceptors (Lipinski definition) is 2. The van der Waals surface area contributed by atoms with Crippen LogP contribution in [0.4, 0.5) is 0 Å². The molecule has 2 rings (SSSR count). The Kier molecular flexibility index (Phi) is 3.21. The van der Waals surface area contributed by atoms with Gasteiger partial charge in [0.25, 0.3) is 0 Å². The maximum atomic E-state index is 11.8. The number of hydrogen-bond donors (Lipinski definition) is 1. The summed E-state index contributed by atoms with van der Waals surface area (Å²) in [5.41, 5.74) is 0. The average Bonchev–Trinajstić information content (AvgIpc) is 2.11. The monoisotopic (exact) mass is 229 g/mol. The van der Waals surface area contributed by atoms with Gasteiger partial charge in [0.2, 0.25) is 0 Å². The fourth-order valence-electron chi connectivity index (χ4n) is 1.39.